The Bertz CT molecular complexity index is 557. The Morgan fingerprint density at radius 1 is 1.21 bits per heavy atom. The van der Waals surface area contributed by atoms with E-state index in [2.05, 4.69) is 21.2 Å². The summed E-state index contributed by atoms with van der Waals surface area (Å²) in [4.78, 5) is 0. The van der Waals surface area contributed by atoms with Crippen molar-refractivity contribution in [3.63, 3.8) is 0 Å². The lowest BCUT2D eigenvalue weighted by Crippen LogP contribution is -2.20. The Kier molecular flexibility index (Phi) is 4.97. The van der Waals surface area contributed by atoms with Crippen LogP contribution in [0.3, 0.4) is 0 Å². The highest BCUT2D eigenvalue weighted by molar-refractivity contribution is 9.10. The molecule has 0 bridgehead atoms. The number of hydrogen-bond acceptors (Lipinski definition) is 1. The monoisotopic (exact) mass is 341 g/mol. The normalized spacial score (nSPS) is 12.4. The Labute approximate surface area is 125 Å². The van der Waals surface area contributed by atoms with Gasteiger partial charge in [0.1, 0.15) is 5.82 Å². The summed E-state index contributed by atoms with van der Waals surface area (Å²) < 4.78 is 14.7. The highest BCUT2D eigenvalue weighted by Gasteiger charge is 2.14. The quantitative estimate of drug-likeness (QED) is 0.846. The van der Waals surface area contributed by atoms with Crippen LogP contribution >= 0.6 is 27.5 Å². The lowest BCUT2D eigenvalue weighted by atomic mass is 9.98. The first-order valence-electron chi connectivity index (χ1n) is 5.97. The molecule has 100 valence electrons. The fourth-order valence-electron chi connectivity index (χ4n) is 2.01. The molecule has 0 aliphatic carbocycles. The molecule has 1 N–H and O–H groups in total. The van der Waals surface area contributed by atoms with E-state index < -0.39 is 0 Å². The second-order valence-corrected chi connectivity index (χ2v) is 5.69. The zero-order valence-corrected chi connectivity index (χ0v) is 12.8. The first-order valence-corrected chi connectivity index (χ1v) is 7.14. The van der Waals surface area contributed by atoms with E-state index >= 15 is 0 Å². The second-order valence-electron chi connectivity index (χ2n) is 4.34. The van der Waals surface area contributed by atoms with Gasteiger partial charge in [0.2, 0.25) is 0 Å². The van der Waals surface area contributed by atoms with Gasteiger partial charge in [0.05, 0.1) is 0 Å². The number of benzene rings is 2. The van der Waals surface area contributed by atoms with E-state index in [1.54, 1.807) is 6.07 Å². The standard InChI is InChI=1S/C15H14BrClFN/c1-19-15(8-10-2-5-12(17)6-3-10)13-7-4-11(16)9-14(13)18/h2-7,9,15,19H,8H2,1H3. The van der Waals surface area contributed by atoms with E-state index in [0.29, 0.717) is 17.0 Å². The molecule has 2 rings (SSSR count). The number of likely N-dealkylation sites (N-methyl/N-ethyl adjacent to an activating group) is 1. The molecular weight excluding hydrogens is 329 g/mol. The van der Waals surface area contributed by atoms with Crippen LogP contribution in [0.15, 0.2) is 46.9 Å². The molecule has 0 saturated carbocycles. The third-order valence-electron chi connectivity index (χ3n) is 3.04. The Morgan fingerprint density at radius 2 is 1.89 bits per heavy atom. The van der Waals surface area contributed by atoms with Crippen molar-refractivity contribution in [3.05, 3.63) is 68.9 Å². The Balaban J connectivity index is 2.22. The van der Waals surface area contributed by atoms with Crippen LogP contribution in [0, 0.1) is 5.82 Å². The molecule has 0 fully saturated rings. The lowest BCUT2D eigenvalue weighted by molar-refractivity contribution is 0.533. The molecule has 0 saturated heterocycles. The van der Waals surface area contributed by atoms with Crippen LogP contribution in [-0.4, -0.2) is 7.05 Å². The zero-order chi connectivity index (χ0) is 13.8. The molecule has 1 nitrogen and oxygen atoms in total. The first kappa shape index (κ1) is 14.5. The van der Waals surface area contributed by atoms with Crippen molar-refractivity contribution in [2.45, 2.75) is 12.5 Å². The number of halogens is 3. The molecule has 0 heterocycles. The van der Waals surface area contributed by atoms with Crippen molar-refractivity contribution in [2.75, 3.05) is 7.05 Å². The minimum absolute atomic E-state index is 0.0609. The number of rotatable bonds is 4. The summed E-state index contributed by atoms with van der Waals surface area (Å²) in [6, 6.07) is 12.7. The van der Waals surface area contributed by atoms with Crippen molar-refractivity contribution in [3.8, 4) is 0 Å². The molecule has 19 heavy (non-hydrogen) atoms. The predicted octanol–water partition coefficient (Wildman–Crippen LogP) is 4.74. The largest absolute Gasteiger partial charge is 0.313 e. The van der Waals surface area contributed by atoms with Gasteiger partial charge in [0.25, 0.3) is 0 Å². The van der Waals surface area contributed by atoms with Crippen molar-refractivity contribution in [1.29, 1.82) is 0 Å². The molecule has 0 radical (unpaired) electrons. The molecule has 2 aromatic rings. The summed E-state index contributed by atoms with van der Waals surface area (Å²) in [6.07, 6.45) is 0.715. The molecule has 0 spiro atoms. The minimum Gasteiger partial charge on any atom is -0.313 e. The summed E-state index contributed by atoms with van der Waals surface area (Å²) in [7, 11) is 1.84. The topological polar surface area (TPSA) is 12.0 Å². The minimum atomic E-state index is -0.206. The zero-order valence-electron chi connectivity index (χ0n) is 10.5. The van der Waals surface area contributed by atoms with E-state index in [9.17, 15) is 4.39 Å². The lowest BCUT2D eigenvalue weighted by Gasteiger charge is -2.17. The van der Waals surface area contributed by atoms with E-state index in [1.165, 1.54) is 6.07 Å². The van der Waals surface area contributed by atoms with Crippen LogP contribution < -0.4 is 5.32 Å². The van der Waals surface area contributed by atoms with Crippen LogP contribution in [0.2, 0.25) is 5.02 Å². The maximum absolute atomic E-state index is 14.0. The van der Waals surface area contributed by atoms with Crippen LogP contribution in [0.4, 0.5) is 4.39 Å². The van der Waals surface area contributed by atoms with E-state index in [0.717, 1.165) is 10.0 Å². The molecule has 1 unspecified atom stereocenters. The van der Waals surface area contributed by atoms with Gasteiger partial charge in [0.15, 0.2) is 0 Å². The van der Waals surface area contributed by atoms with Crippen LogP contribution in [0.25, 0.3) is 0 Å². The van der Waals surface area contributed by atoms with Gasteiger partial charge in [0, 0.05) is 21.1 Å². The summed E-state index contributed by atoms with van der Waals surface area (Å²) in [5, 5.41) is 3.86. The SMILES string of the molecule is CNC(Cc1ccc(Cl)cc1)c1ccc(Br)cc1F. The van der Waals surface area contributed by atoms with Crippen LogP contribution in [-0.2, 0) is 6.42 Å². The van der Waals surface area contributed by atoms with Gasteiger partial charge in [-0.25, -0.2) is 4.39 Å². The summed E-state index contributed by atoms with van der Waals surface area (Å²) in [5.41, 5.74) is 1.78. The molecule has 4 heteroatoms. The number of hydrogen-bond donors (Lipinski definition) is 1. The van der Waals surface area contributed by atoms with Crippen molar-refractivity contribution in [2.24, 2.45) is 0 Å². The van der Waals surface area contributed by atoms with E-state index in [-0.39, 0.29) is 11.9 Å². The molecule has 0 amide bonds. The second kappa shape index (κ2) is 6.51. The van der Waals surface area contributed by atoms with Crippen molar-refractivity contribution in [1.82, 2.24) is 5.32 Å². The summed E-state index contributed by atoms with van der Waals surface area (Å²) in [5.74, 6) is -0.206. The molecule has 1 atom stereocenters. The fraction of sp³-hybridized carbons (Fsp3) is 0.200. The molecule has 0 aliphatic heterocycles. The molecule has 0 aliphatic rings. The highest BCUT2D eigenvalue weighted by Crippen LogP contribution is 2.24. The van der Waals surface area contributed by atoms with Gasteiger partial charge in [-0.1, -0.05) is 45.7 Å². The van der Waals surface area contributed by atoms with Crippen LogP contribution in [0.1, 0.15) is 17.2 Å². The maximum Gasteiger partial charge on any atom is 0.129 e. The molecule has 0 aromatic heterocycles. The van der Waals surface area contributed by atoms with Gasteiger partial charge >= 0.3 is 0 Å². The maximum atomic E-state index is 14.0. The average molecular weight is 343 g/mol. The average Bonchev–Trinajstić information content (AvgIpc) is 2.39. The highest BCUT2D eigenvalue weighted by atomic mass is 79.9. The Hall–Kier alpha value is -0.900. The van der Waals surface area contributed by atoms with Crippen LogP contribution in [0.5, 0.6) is 0 Å². The third-order valence-corrected chi connectivity index (χ3v) is 3.78. The van der Waals surface area contributed by atoms with E-state index in [4.69, 9.17) is 11.6 Å². The fourth-order valence-corrected chi connectivity index (χ4v) is 2.47. The van der Waals surface area contributed by atoms with Gasteiger partial charge in [-0.3, -0.25) is 0 Å². The molecule has 2 aromatic carbocycles. The van der Waals surface area contributed by atoms with Gasteiger partial charge in [-0.05, 0) is 43.3 Å². The number of nitrogens with one attached hydrogen (secondary N) is 1. The summed E-state index contributed by atoms with van der Waals surface area (Å²) in [6.45, 7) is 0. The van der Waals surface area contributed by atoms with Crippen molar-refractivity contribution >= 4 is 27.5 Å². The smallest absolute Gasteiger partial charge is 0.129 e. The third kappa shape index (κ3) is 3.78. The first-order chi connectivity index (χ1) is 9.10. The van der Waals surface area contributed by atoms with E-state index in [1.807, 2.05) is 37.4 Å². The molecular formula is C15H14BrClFN. The Morgan fingerprint density at radius 3 is 2.47 bits per heavy atom. The van der Waals surface area contributed by atoms with Gasteiger partial charge in [-0.2, -0.15) is 0 Å². The van der Waals surface area contributed by atoms with Crippen molar-refractivity contribution < 1.29 is 4.39 Å². The van der Waals surface area contributed by atoms with Gasteiger partial charge < -0.3 is 5.32 Å². The predicted molar refractivity (Wildman–Crippen MR) is 81.1 cm³/mol. The summed E-state index contributed by atoms with van der Waals surface area (Å²) >= 11 is 9.13. The van der Waals surface area contributed by atoms with Gasteiger partial charge in [-0.15, -0.1) is 0 Å².